The van der Waals surface area contributed by atoms with Crippen molar-refractivity contribution in [1.29, 1.82) is 0 Å². The Labute approximate surface area is 184 Å². The summed E-state index contributed by atoms with van der Waals surface area (Å²) in [5.41, 5.74) is 2.66. The molecule has 0 radical (unpaired) electrons. The maximum Gasteiger partial charge on any atom is 0.151 e. The predicted octanol–water partition coefficient (Wildman–Crippen LogP) is 4.15. The largest absolute Gasteiger partial charge is 0.496 e. The van der Waals surface area contributed by atoms with Gasteiger partial charge in [-0.25, -0.2) is 9.97 Å². The first-order chi connectivity index (χ1) is 14.6. The molecular weight excluding hydrogens is 388 g/mol. The molecule has 3 aromatic rings. The average molecular weight is 421 g/mol. The van der Waals surface area contributed by atoms with E-state index in [-0.39, 0.29) is 11.1 Å². The SMILES string of the molecule is COc1cc2nc(C)ncc2cc1-c1ccc(N(C)C2CC(C)(C)NC(C)(C)C2)nn1. The first-order valence-corrected chi connectivity index (χ1v) is 10.7. The molecule has 2 aromatic heterocycles. The van der Waals surface area contributed by atoms with Crippen molar-refractivity contribution in [3.8, 4) is 17.0 Å². The van der Waals surface area contributed by atoms with E-state index in [1.807, 2.05) is 37.4 Å². The number of nitrogens with one attached hydrogen (secondary N) is 1. The van der Waals surface area contributed by atoms with Crippen molar-refractivity contribution in [1.82, 2.24) is 25.5 Å². The lowest BCUT2D eigenvalue weighted by atomic mass is 9.79. The number of fused-ring (bicyclic) bond motifs is 1. The van der Waals surface area contributed by atoms with E-state index in [2.05, 4.69) is 65.1 Å². The molecule has 1 saturated heterocycles. The molecule has 4 rings (SSSR count). The summed E-state index contributed by atoms with van der Waals surface area (Å²) in [6.07, 6.45) is 3.93. The van der Waals surface area contributed by atoms with Crippen LogP contribution in [0.1, 0.15) is 46.4 Å². The molecule has 0 saturated carbocycles. The van der Waals surface area contributed by atoms with E-state index in [1.165, 1.54) is 0 Å². The van der Waals surface area contributed by atoms with E-state index in [4.69, 9.17) is 4.74 Å². The molecule has 0 amide bonds. The number of hydrogen-bond acceptors (Lipinski definition) is 7. The summed E-state index contributed by atoms with van der Waals surface area (Å²) >= 11 is 0. The van der Waals surface area contributed by atoms with Gasteiger partial charge in [-0.2, -0.15) is 0 Å². The van der Waals surface area contributed by atoms with Gasteiger partial charge in [0.25, 0.3) is 0 Å². The molecule has 1 N–H and O–H groups in total. The van der Waals surface area contributed by atoms with Crippen LogP contribution in [0.5, 0.6) is 5.75 Å². The highest BCUT2D eigenvalue weighted by molar-refractivity contribution is 5.87. The lowest BCUT2D eigenvalue weighted by molar-refractivity contribution is 0.160. The number of rotatable bonds is 4. The van der Waals surface area contributed by atoms with Crippen molar-refractivity contribution in [2.45, 2.75) is 64.6 Å². The smallest absolute Gasteiger partial charge is 0.151 e. The van der Waals surface area contributed by atoms with Crippen molar-refractivity contribution in [3.05, 3.63) is 36.3 Å². The molecule has 7 heteroatoms. The van der Waals surface area contributed by atoms with Crippen molar-refractivity contribution in [2.24, 2.45) is 0 Å². The van der Waals surface area contributed by atoms with Gasteiger partial charge < -0.3 is 15.0 Å². The van der Waals surface area contributed by atoms with Crippen LogP contribution in [0, 0.1) is 6.92 Å². The first kappa shape index (κ1) is 21.4. The average Bonchev–Trinajstić information content (AvgIpc) is 2.70. The predicted molar refractivity (Wildman–Crippen MR) is 125 cm³/mol. The van der Waals surface area contributed by atoms with Gasteiger partial charge in [-0.3, -0.25) is 0 Å². The summed E-state index contributed by atoms with van der Waals surface area (Å²) in [5.74, 6) is 2.34. The van der Waals surface area contributed by atoms with E-state index < -0.39 is 0 Å². The zero-order valence-corrected chi connectivity index (χ0v) is 19.5. The normalized spacial score (nSPS) is 18.2. The fourth-order valence-corrected chi connectivity index (χ4v) is 4.91. The third kappa shape index (κ3) is 4.46. The lowest BCUT2D eigenvalue weighted by Crippen LogP contribution is -2.62. The maximum atomic E-state index is 5.62. The van der Waals surface area contributed by atoms with Gasteiger partial charge in [-0.1, -0.05) is 0 Å². The van der Waals surface area contributed by atoms with E-state index in [1.54, 1.807) is 7.11 Å². The van der Waals surface area contributed by atoms with Crippen LogP contribution in [-0.4, -0.2) is 51.4 Å². The maximum absolute atomic E-state index is 5.62. The minimum Gasteiger partial charge on any atom is -0.496 e. The molecule has 1 aromatic carbocycles. The number of piperidine rings is 1. The molecule has 1 aliphatic heterocycles. The fraction of sp³-hybridized carbons (Fsp3) is 0.500. The standard InChI is InChI=1S/C24H32N6O/c1-15-25-14-16-10-18(21(31-7)11-20(16)26-15)19-8-9-22(28-27-19)30(6)17-12-23(2,3)29-24(4,5)13-17/h8-11,14,17,29H,12-13H2,1-7H3. The Hall–Kier alpha value is -2.80. The van der Waals surface area contributed by atoms with Crippen LogP contribution >= 0.6 is 0 Å². The van der Waals surface area contributed by atoms with E-state index in [0.29, 0.717) is 6.04 Å². The third-order valence-corrected chi connectivity index (χ3v) is 6.03. The number of aryl methyl sites for hydroxylation is 1. The van der Waals surface area contributed by atoms with Crippen molar-refractivity contribution in [3.63, 3.8) is 0 Å². The number of aromatic nitrogens is 4. The molecule has 7 nitrogen and oxygen atoms in total. The topological polar surface area (TPSA) is 76.1 Å². The quantitative estimate of drug-likeness (QED) is 0.679. The van der Waals surface area contributed by atoms with Gasteiger partial charge in [0.2, 0.25) is 0 Å². The molecular formula is C24H32N6O. The van der Waals surface area contributed by atoms with Crippen LogP contribution in [0.4, 0.5) is 5.82 Å². The van der Waals surface area contributed by atoms with E-state index in [9.17, 15) is 0 Å². The zero-order chi connectivity index (χ0) is 22.4. The van der Waals surface area contributed by atoms with Gasteiger partial charge in [0.15, 0.2) is 5.82 Å². The van der Waals surface area contributed by atoms with Gasteiger partial charge in [0, 0.05) is 47.4 Å². The summed E-state index contributed by atoms with van der Waals surface area (Å²) in [4.78, 5) is 11.1. The first-order valence-electron chi connectivity index (χ1n) is 10.7. The molecule has 0 unspecified atom stereocenters. The number of hydrogen-bond donors (Lipinski definition) is 1. The second kappa shape index (κ2) is 7.71. The van der Waals surface area contributed by atoms with Crippen molar-refractivity contribution in [2.75, 3.05) is 19.1 Å². The molecule has 31 heavy (non-hydrogen) atoms. The second-order valence-corrected chi connectivity index (χ2v) is 9.87. The van der Waals surface area contributed by atoms with Crippen LogP contribution in [0.25, 0.3) is 22.2 Å². The number of methoxy groups -OCH3 is 1. The van der Waals surface area contributed by atoms with Gasteiger partial charge in [0.05, 0.1) is 18.3 Å². The number of anilines is 1. The highest BCUT2D eigenvalue weighted by atomic mass is 16.5. The molecule has 0 bridgehead atoms. The summed E-state index contributed by atoms with van der Waals surface area (Å²) < 4.78 is 5.62. The Morgan fingerprint density at radius 1 is 1.06 bits per heavy atom. The molecule has 1 aliphatic rings. The Bertz CT molecular complexity index is 1080. The van der Waals surface area contributed by atoms with Crippen LogP contribution in [-0.2, 0) is 0 Å². The summed E-state index contributed by atoms with van der Waals surface area (Å²) in [6.45, 7) is 10.9. The Morgan fingerprint density at radius 2 is 1.77 bits per heavy atom. The molecule has 0 spiro atoms. The number of benzene rings is 1. The minimum atomic E-state index is 0.0763. The Morgan fingerprint density at radius 3 is 2.39 bits per heavy atom. The lowest BCUT2D eigenvalue weighted by Gasteiger charge is -2.49. The highest BCUT2D eigenvalue weighted by Gasteiger charge is 2.39. The second-order valence-electron chi connectivity index (χ2n) is 9.87. The molecule has 3 heterocycles. The highest BCUT2D eigenvalue weighted by Crippen LogP contribution is 2.35. The van der Waals surface area contributed by atoms with Crippen LogP contribution in [0.3, 0.4) is 0 Å². The van der Waals surface area contributed by atoms with Crippen molar-refractivity contribution < 1.29 is 4.74 Å². The van der Waals surface area contributed by atoms with Crippen LogP contribution in [0.2, 0.25) is 0 Å². The molecule has 0 aliphatic carbocycles. The fourth-order valence-electron chi connectivity index (χ4n) is 4.91. The Balaban J connectivity index is 1.63. The van der Waals surface area contributed by atoms with E-state index >= 15 is 0 Å². The molecule has 1 fully saturated rings. The van der Waals surface area contributed by atoms with Crippen LogP contribution < -0.4 is 15.0 Å². The zero-order valence-electron chi connectivity index (χ0n) is 19.5. The summed E-state index contributed by atoms with van der Waals surface area (Å²) in [7, 11) is 3.77. The monoisotopic (exact) mass is 420 g/mol. The number of nitrogens with zero attached hydrogens (tertiary/aromatic N) is 5. The third-order valence-electron chi connectivity index (χ3n) is 6.03. The van der Waals surface area contributed by atoms with E-state index in [0.717, 1.165) is 52.4 Å². The van der Waals surface area contributed by atoms with Gasteiger partial charge >= 0.3 is 0 Å². The number of ether oxygens (including phenoxy) is 1. The molecule has 164 valence electrons. The minimum absolute atomic E-state index is 0.0763. The summed E-state index contributed by atoms with van der Waals surface area (Å²) in [6, 6.07) is 8.38. The van der Waals surface area contributed by atoms with Gasteiger partial charge in [-0.15, -0.1) is 10.2 Å². The summed E-state index contributed by atoms with van der Waals surface area (Å²) in [5, 5.41) is 13.8. The van der Waals surface area contributed by atoms with Gasteiger partial charge in [0.1, 0.15) is 11.6 Å². The van der Waals surface area contributed by atoms with Crippen molar-refractivity contribution >= 4 is 16.7 Å². The molecule has 0 atom stereocenters. The van der Waals surface area contributed by atoms with Gasteiger partial charge in [-0.05, 0) is 65.7 Å². The van der Waals surface area contributed by atoms with Crippen LogP contribution in [0.15, 0.2) is 30.5 Å². The Kier molecular flexibility index (Phi) is 5.33.